The summed E-state index contributed by atoms with van der Waals surface area (Å²) in [5.41, 5.74) is 2.17. The van der Waals surface area contributed by atoms with Gasteiger partial charge in [0.1, 0.15) is 6.10 Å². The first-order valence-electron chi connectivity index (χ1n) is 7.71. The van der Waals surface area contributed by atoms with Gasteiger partial charge < -0.3 is 14.9 Å². The molecule has 1 saturated heterocycles. The van der Waals surface area contributed by atoms with Gasteiger partial charge in [-0.2, -0.15) is 5.10 Å². The molecule has 6 nitrogen and oxygen atoms in total. The molecule has 2 N–H and O–H groups in total. The van der Waals surface area contributed by atoms with E-state index in [0.29, 0.717) is 13.1 Å². The van der Waals surface area contributed by atoms with Crippen LogP contribution in [0, 0.1) is 5.92 Å². The van der Waals surface area contributed by atoms with E-state index in [4.69, 9.17) is 0 Å². The van der Waals surface area contributed by atoms with Gasteiger partial charge in [0.25, 0.3) is 5.91 Å². The molecule has 2 aromatic rings. The standard InChI is InChI=1S/C16H22N4O2/c1-11(2)15(21)16(22)20-7-5-19(6-8-20)13-3-4-14-12(9-13)10-17-18-14/h3-4,9-11,15,21H,5-8H2,1-2H3,(H,17,18)/t15-/m1/s1. The zero-order chi connectivity index (χ0) is 15.7. The smallest absolute Gasteiger partial charge is 0.251 e. The largest absolute Gasteiger partial charge is 0.383 e. The zero-order valence-corrected chi connectivity index (χ0v) is 13.0. The summed E-state index contributed by atoms with van der Waals surface area (Å²) < 4.78 is 0. The third-order valence-electron chi connectivity index (χ3n) is 4.26. The van der Waals surface area contributed by atoms with Crippen molar-refractivity contribution in [3.8, 4) is 0 Å². The van der Waals surface area contributed by atoms with Crippen LogP contribution in [0.15, 0.2) is 24.4 Å². The number of rotatable bonds is 3. The van der Waals surface area contributed by atoms with Crippen LogP contribution in [0.5, 0.6) is 0 Å². The van der Waals surface area contributed by atoms with Crippen LogP contribution in [-0.2, 0) is 4.79 Å². The Morgan fingerprint density at radius 3 is 2.68 bits per heavy atom. The first-order chi connectivity index (χ1) is 10.6. The lowest BCUT2D eigenvalue weighted by molar-refractivity contribution is -0.142. The molecule has 118 valence electrons. The number of aromatic nitrogens is 2. The van der Waals surface area contributed by atoms with Crippen LogP contribution in [-0.4, -0.2) is 58.4 Å². The number of nitrogens with zero attached hydrogens (tertiary/aromatic N) is 3. The number of H-pyrrole nitrogens is 1. The van der Waals surface area contributed by atoms with Crippen LogP contribution < -0.4 is 4.90 Å². The molecule has 22 heavy (non-hydrogen) atoms. The van der Waals surface area contributed by atoms with Crippen molar-refractivity contribution in [2.24, 2.45) is 5.92 Å². The fourth-order valence-corrected chi connectivity index (χ4v) is 2.78. The molecule has 1 aliphatic heterocycles. The summed E-state index contributed by atoms with van der Waals surface area (Å²) in [7, 11) is 0. The van der Waals surface area contributed by atoms with E-state index in [9.17, 15) is 9.90 Å². The van der Waals surface area contributed by atoms with Crippen molar-refractivity contribution in [1.29, 1.82) is 0 Å². The number of piperazine rings is 1. The number of hydrogen-bond donors (Lipinski definition) is 2. The number of benzene rings is 1. The van der Waals surface area contributed by atoms with E-state index in [1.54, 1.807) is 4.90 Å². The summed E-state index contributed by atoms with van der Waals surface area (Å²) in [5.74, 6) is -0.200. The van der Waals surface area contributed by atoms with Gasteiger partial charge in [-0.15, -0.1) is 0 Å². The molecule has 1 aromatic carbocycles. The van der Waals surface area contributed by atoms with Gasteiger partial charge in [-0.05, 0) is 24.1 Å². The highest BCUT2D eigenvalue weighted by Crippen LogP contribution is 2.22. The average molecular weight is 302 g/mol. The third kappa shape index (κ3) is 2.78. The number of aromatic amines is 1. The molecule has 1 atom stereocenters. The summed E-state index contributed by atoms with van der Waals surface area (Å²) >= 11 is 0. The Labute approximate surface area is 129 Å². The van der Waals surface area contributed by atoms with Crippen molar-refractivity contribution in [3.05, 3.63) is 24.4 Å². The predicted octanol–water partition coefficient (Wildman–Crippen LogP) is 1.23. The molecule has 1 amide bonds. The van der Waals surface area contributed by atoms with Crippen molar-refractivity contribution in [3.63, 3.8) is 0 Å². The van der Waals surface area contributed by atoms with Gasteiger partial charge >= 0.3 is 0 Å². The quantitative estimate of drug-likeness (QED) is 0.894. The highest BCUT2D eigenvalue weighted by atomic mass is 16.3. The second-order valence-electron chi connectivity index (χ2n) is 6.14. The number of aliphatic hydroxyl groups excluding tert-OH is 1. The minimum Gasteiger partial charge on any atom is -0.383 e. The molecule has 0 bridgehead atoms. The lowest BCUT2D eigenvalue weighted by Crippen LogP contribution is -2.52. The average Bonchev–Trinajstić information content (AvgIpc) is 3.01. The molecule has 0 unspecified atom stereocenters. The molecule has 0 spiro atoms. The van der Waals surface area contributed by atoms with Crippen molar-refractivity contribution in [1.82, 2.24) is 15.1 Å². The molecule has 6 heteroatoms. The highest BCUT2D eigenvalue weighted by molar-refractivity contribution is 5.83. The van der Waals surface area contributed by atoms with E-state index >= 15 is 0 Å². The summed E-state index contributed by atoms with van der Waals surface area (Å²) in [6.45, 7) is 6.57. The van der Waals surface area contributed by atoms with Crippen LogP contribution in [0.1, 0.15) is 13.8 Å². The van der Waals surface area contributed by atoms with Crippen LogP contribution in [0.25, 0.3) is 10.9 Å². The molecule has 0 aliphatic carbocycles. The number of carbonyl (C=O) groups excluding carboxylic acids is 1. The van der Waals surface area contributed by atoms with Crippen molar-refractivity contribution < 1.29 is 9.90 Å². The fourth-order valence-electron chi connectivity index (χ4n) is 2.78. The second-order valence-corrected chi connectivity index (χ2v) is 6.14. The molecular formula is C16H22N4O2. The lowest BCUT2D eigenvalue weighted by atomic mass is 10.1. The van der Waals surface area contributed by atoms with E-state index in [1.807, 2.05) is 26.1 Å². The number of fused-ring (bicyclic) bond motifs is 1. The van der Waals surface area contributed by atoms with E-state index < -0.39 is 6.10 Å². The third-order valence-corrected chi connectivity index (χ3v) is 4.26. The van der Waals surface area contributed by atoms with Crippen LogP contribution >= 0.6 is 0 Å². The maximum Gasteiger partial charge on any atom is 0.251 e. The van der Waals surface area contributed by atoms with E-state index in [0.717, 1.165) is 29.7 Å². The van der Waals surface area contributed by atoms with Crippen molar-refractivity contribution in [2.45, 2.75) is 20.0 Å². The maximum absolute atomic E-state index is 12.2. The van der Waals surface area contributed by atoms with Gasteiger partial charge in [0.15, 0.2) is 0 Å². The Morgan fingerprint density at radius 2 is 2.00 bits per heavy atom. The van der Waals surface area contributed by atoms with E-state index in [1.165, 1.54) is 0 Å². The van der Waals surface area contributed by atoms with Gasteiger partial charge in [-0.3, -0.25) is 9.89 Å². The number of carbonyl (C=O) groups is 1. The normalized spacial score (nSPS) is 17.3. The molecule has 3 rings (SSSR count). The second kappa shape index (κ2) is 5.96. The maximum atomic E-state index is 12.2. The zero-order valence-electron chi connectivity index (χ0n) is 13.0. The summed E-state index contributed by atoms with van der Waals surface area (Å²) in [6.07, 6.45) is 0.922. The fraction of sp³-hybridized carbons (Fsp3) is 0.500. The lowest BCUT2D eigenvalue weighted by Gasteiger charge is -2.37. The van der Waals surface area contributed by atoms with Crippen molar-refractivity contribution >= 4 is 22.5 Å². The van der Waals surface area contributed by atoms with Gasteiger partial charge in [0.05, 0.1) is 11.7 Å². The molecule has 0 saturated carbocycles. The Balaban J connectivity index is 1.65. The summed E-state index contributed by atoms with van der Waals surface area (Å²) in [5, 5.41) is 18.0. The summed E-state index contributed by atoms with van der Waals surface area (Å²) in [6, 6.07) is 6.21. The number of hydrogen-bond acceptors (Lipinski definition) is 4. The SMILES string of the molecule is CC(C)[C@@H](O)C(=O)N1CCN(c2ccc3[nH]ncc3c2)CC1. The minimum atomic E-state index is -0.895. The Hall–Kier alpha value is -2.08. The number of nitrogens with one attached hydrogen (secondary N) is 1. The molecule has 1 aliphatic rings. The van der Waals surface area contributed by atoms with Gasteiger partial charge in [-0.1, -0.05) is 13.8 Å². The first kappa shape index (κ1) is 14.8. The van der Waals surface area contributed by atoms with Gasteiger partial charge in [0.2, 0.25) is 0 Å². The Bertz CT molecular complexity index is 659. The monoisotopic (exact) mass is 302 g/mol. The van der Waals surface area contributed by atoms with E-state index in [-0.39, 0.29) is 11.8 Å². The van der Waals surface area contributed by atoms with Gasteiger partial charge in [-0.25, -0.2) is 0 Å². The molecule has 1 fully saturated rings. The Kier molecular flexibility index (Phi) is 4.02. The van der Waals surface area contributed by atoms with E-state index in [2.05, 4.69) is 27.2 Å². The predicted molar refractivity (Wildman–Crippen MR) is 85.7 cm³/mol. The topological polar surface area (TPSA) is 72.5 Å². The van der Waals surface area contributed by atoms with Crippen LogP contribution in [0.3, 0.4) is 0 Å². The van der Waals surface area contributed by atoms with Crippen LogP contribution in [0.2, 0.25) is 0 Å². The molecule has 1 aromatic heterocycles. The molecule has 2 heterocycles. The number of anilines is 1. The summed E-state index contributed by atoms with van der Waals surface area (Å²) in [4.78, 5) is 16.2. The molecule has 0 radical (unpaired) electrons. The molecular weight excluding hydrogens is 280 g/mol. The minimum absolute atomic E-state index is 0.0472. The van der Waals surface area contributed by atoms with Crippen LogP contribution in [0.4, 0.5) is 5.69 Å². The highest BCUT2D eigenvalue weighted by Gasteiger charge is 2.27. The number of amides is 1. The first-order valence-corrected chi connectivity index (χ1v) is 7.71. The van der Waals surface area contributed by atoms with Gasteiger partial charge in [0, 0.05) is 37.3 Å². The Morgan fingerprint density at radius 1 is 1.27 bits per heavy atom. The van der Waals surface area contributed by atoms with Crippen molar-refractivity contribution in [2.75, 3.05) is 31.1 Å². The number of aliphatic hydroxyl groups is 1.